The summed E-state index contributed by atoms with van der Waals surface area (Å²) in [7, 11) is 0. The Bertz CT molecular complexity index is 1060. The number of fused-ring (bicyclic) bond motifs is 3. The summed E-state index contributed by atoms with van der Waals surface area (Å²) in [5, 5.41) is 3.69. The summed E-state index contributed by atoms with van der Waals surface area (Å²) in [5.74, 6) is 0. The molecule has 0 saturated carbocycles. The molecule has 3 aromatic carbocycles. The van der Waals surface area contributed by atoms with Crippen LogP contribution >= 0.6 is 0 Å². The second-order valence-electron chi connectivity index (χ2n) is 6.17. The van der Waals surface area contributed by atoms with Crippen LogP contribution in [-0.4, -0.2) is 4.98 Å². The molecule has 4 rings (SSSR count). The van der Waals surface area contributed by atoms with Gasteiger partial charge in [-0.1, -0.05) is 72.8 Å². The van der Waals surface area contributed by atoms with Gasteiger partial charge in [0.25, 0.3) is 0 Å². The van der Waals surface area contributed by atoms with Crippen molar-refractivity contribution < 1.29 is 0 Å². The van der Waals surface area contributed by atoms with Gasteiger partial charge in [0.2, 0.25) is 0 Å². The lowest BCUT2D eigenvalue weighted by Crippen LogP contribution is -1.94. The van der Waals surface area contributed by atoms with Gasteiger partial charge in [0.05, 0.1) is 11.2 Å². The number of rotatable bonds is 2. The average molecular weight is 309 g/mol. The van der Waals surface area contributed by atoms with Crippen LogP contribution in [0.2, 0.25) is 0 Å². The SMILES string of the molecule is Cc1c(C=Cc2ccccc2)nc2c(ccc3ccccc32)c1C. The van der Waals surface area contributed by atoms with Crippen LogP contribution < -0.4 is 0 Å². The fourth-order valence-corrected chi connectivity index (χ4v) is 3.18. The van der Waals surface area contributed by atoms with Crippen molar-refractivity contribution in [2.75, 3.05) is 0 Å². The first-order valence-electron chi connectivity index (χ1n) is 8.26. The van der Waals surface area contributed by atoms with Crippen molar-refractivity contribution in [2.45, 2.75) is 13.8 Å². The highest BCUT2D eigenvalue weighted by molar-refractivity contribution is 6.06. The molecule has 0 fully saturated rings. The summed E-state index contributed by atoms with van der Waals surface area (Å²) in [4.78, 5) is 4.99. The molecule has 1 heteroatoms. The molecule has 0 amide bonds. The predicted molar refractivity (Wildman–Crippen MR) is 104 cm³/mol. The maximum absolute atomic E-state index is 4.99. The first-order valence-corrected chi connectivity index (χ1v) is 8.26. The van der Waals surface area contributed by atoms with Crippen molar-refractivity contribution in [3.8, 4) is 0 Å². The summed E-state index contributed by atoms with van der Waals surface area (Å²) in [6.45, 7) is 4.34. The number of pyridine rings is 1. The number of aryl methyl sites for hydroxylation is 1. The molecule has 4 aromatic rings. The molecule has 0 unspecified atom stereocenters. The third-order valence-corrected chi connectivity index (χ3v) is 4.72. The second-order valence-corrected chi connectivity index (χ2v) is 6.17. The van der Waals surface area contributed by atoms with Crippen molar-refractivity contribution >= 4 is 33.8 Å². The van der Waals surface area contributed by atoms with Crippen molar-refractivity contribution in [2.24, 2.45) is 0 Å². The zero-order chi connectivity index (χ0) is 16.5. The van der Waals surface area contributed by atoms with E-state index in [1.54, 1.807) is 0 Å². The van der Waals surface area contributed by atoms with E-state index in [2.05, 4.69) is 86.7 Å². The minimum atomic E-state index is 1.04. The van der Waals surface area contributed by atoms with Crippen LogP contribution in [0.5, 0.6) is 0 Å². The zero-order valence-corrected chi connectivity index (χ0v) is 14.0. The van der Waals surface area contributed by atoms with Gasteiger partial charge in [-0.15, -0.1) is 0 Å². The van der Waals surface area contributed by atoms with Crippen molar-refractivity contribution in [1.82, 2.24) is 4.98 Å². The monoisotopic (exact) mass is 309 g/mol. The molecule has 1 heterocycles. The Labute approximate surface area is 142 Å². The highest BCUT2D eigenvalue weighted by Gasteiger charge is 2.09. The Morgan fingerprint density at radius 1 is 0.667 bits per heavy atom. The van der Waals surface area contributed by atoms with Gasteiger partial charge in [-0.3, -0.25) is 0 Å². The molecule has 116 valence electrons. The summed E-state index contributed by atoms with van der Waals surface area (Å²) >= 11 is 0. The Kier molecular flexibility index (Phi) is 3.62. The number of nitrogens with zero attached hydrogens (tertiary/aromatic N) is 1. The van der Waals surface area contributed by atoms with E-state index in [1.807, 2.05) is 6.07 Å². The molecule has 0 atom stereocenters. The van der Waals surface area contributed by atoms with E-state index in [4.69, 9.17) is 4.98 Å². The third kappa shape index (κ3) is 2.48. The smallest absolute Gasteiger partial charge is 0.0790 e. The van der Waals surface area contributed by atoms with Crippen LogP contribution in [0.25, 0.3) is 33.8 Å². The first-order chi connectivity index (χ1) is 11.7. The van der Waals surface area contributed by atoms with Gasteiger partial charge in [0, 0.05) is 10.8 Å². The third-order valence-electron chi connectivity index (χ3n) is 4.72. The fourth-order valence-electron chi connectivity index (χ4n) is 3.18. The van der Waals surface area contributed by atoms with E-state index in [-0.39, 0.29) is 0 Å². The lowest BCUT2D eigenvalue weighted by atomic mass is 9.98. The van der Waals surface area contributed by atoms with Gasteiger partial charge in [0.15, 0.2) is 0 Å². The first kappa shape index (κ1) is 14.6. The maximum Gasteiger partial charge on any atom is 0.0790 e. The largest absolute Gasteiger partial charge is 0.247 e. The molecule has 1 aromatic heterocycles. The fraction of sp³-hybridized carbons (Fsp3) is 0.0870. The molecule has 0 spiro atoms. The molecule has 0 N–H and O–H groups in total. The van der Waals surface area contributed by atoms with Crippen LogP contribution in [0.15, 0.2) is 66.7 Å². The predicted octanol–water partition coefficient (Wildman–Crippen LogP) is 6.18. The van der Waals surface area contributed by atoms with Crippen LogP contribution in [-0.2, 0) is 0 Å². The molecular formula is C23H19N. The van der Waals surface area contributed by atoms with Crippen LogP contribution in [0, 0.1) is 13.8 Å². The van der Waals surface area contributed by atoms with Gasteiger partial charge in [-0.2, -0.15) is 0 Å². The van der Waals surface area contributed by atoms with Crippen molar-refractivity contribution in [3.63, 3.8) is 0 Å². The number of hydrogen-bond acceptors (Lipinski definition) is 1. The Morgan fingerprint density at radius 2 is 1.42 bits per heavy atom. The molecule has 0 aliphatic carbocycles. The topological polar surface area (TPSA) is 12.9 Å². The van der Waals surface area contributed by atoms with Crippen LogP contribution in [0.4, 0.5) is 0 Å². The number of benzene rings is 3. The standard InChI is InChI=1S/C23H19N/c1-16-17(2)22(15-12-18-8-4-3-5-9-18)24-23-20(16)14-13-19-10-6-7-11-21(19)23/h3-15H,1-2H3. The van der Waals surface area contributed by atoms with E-state index in [1.165, 1.54) is 32.8 Å². The maximum atomic E-state index is 4.99. The summed E-state index contributed by atoms with van der Waals surface area (Å²) < 4.78 is 0. The lowest BCUT2D eigenvalue weighted by molar-refractivity contribution is 1.26. The van der Waals surface area contributed by atoms with E-state index in [0.29, 0.717) is 0 Å². The van der Waals surface area contributed by atoms with E-state index < -0.39 is 0 Å². The quantitative estimate of drug-likeness (QED) is 0.403. The number of aromatic nitrogens is 1. The Hall–Kier alpha value is -2.93. The van der Waals surface area contributed by atoms with E-state index in [9.17, 15) is 0 Å². The highest BCUT2D eigenvalue weighted by atomic mass is 14.7. The highest BCUT2D eigenvalue weighted by Crippen LogP contribution is 2.29. The minimum Gasteiger partial charge on any atom is -0.247 e. The van der Waals surface area contributed by atoms with Crippen LogP contribution in [0.1, 0.15) is 22.4 Å². The average Bonchev–Trinajstić information content (AvgIpc) is 2.64. The Balaban J connectivity index is 1.94. The molecule has 0 aliphatic rings. The summed E-state index contributed by atoms with van der Waals surface area (Å²) in [6.07, 6.45) is 4.25. The van der Waals surface area contributed by atoms with Gasteiger partial charge >= 0.3 is 0 Å². The molecule has 0 aliphatic heterocycles. The second kappa shape index (κ2) is 5.93. The van der Waals surface area contributed by atoms with E-state index >= 15 is 0 Å². The summed E-state index contributed by atoms with van der Waals surface area (Å²) in [5.41, 5.74) is 5.86. The van der Waals surface area contributed by atoms with Crippen LogP contribution in [0.3, 0.4) is 0 Å². The van der Waals surface area contributed by atoms with Gasteiger partial charge in [-0.05, 0) is 42.0 Å². The molecule has 0 radical (unpaired) electrons. The summed E-state index contributed by atoms with van der Waals surface area (Å²) in [6, 6.07) is 23.2. The van der Waals surface area contributed by atoms with Crippen molar-refractivity contribution in [3.05, 3.63) is 89.1 Å². The van der Waals surface area contributed by atoms with Crippen molar-refractivity contribution in [1.29, 1.82) is 0 Å². The number of hydrogen-bond donors (Lipinski definition) is 0. The molecule has 0 bridgehead atoms. The normalized spacial score (nSPS) is 11.6. The molecule has 24 heavy (non-hydrogen) atoms. The van der Waals surface area contributed by atoms with E-state index in [0.717, 1.165) is 11.2 Å². The van der Waals surface area contributed by atoms with Gasteiger partial charge in [-0.25, -0.2) is 4.98 Å². The Morgan fingerprint density at radius 3 is 2.25 bits per heavy atom. The molecular weight excluding hydrogens is 290 g/mol. The lowest BCUT2D eigenvalue weighted by Gasteiger charge is -2.11. The molecule has 1 nitrogen and oxygen atoms in total. The zero-order valence-electron chi connectivity index (χ0n) is 14.0. The molecule has 0 saturated heterocycles. The van der Waals surface area contributed by atoms with Gasteiger partial charge < -0.3 is 0 Å². The van der Waals surface area contributed by atoms with Gasteiger partial charge in [0.1, 0.15) is 0 Å². The minimum absolute atomic E-state index is 1.04.